The van der Waals surface area contributed by atoms with Crippen molar-refractivity contribution in [1.29, 1.82) is 0 Å². The Morgan fingerprint density at radius 1 is 1.05 bits per heavy atom. The molecular weight excluding hydrogens is 276 g/mol. The number of anilines is 1. The highest BCUT2D eigenvalue weighted by Crippen LogP contribution is 2.21. The van der Waals surface area contributed by atoms with E-state index in [2.05, 4.69) is 11.9 Å². The van der Waals surface area contributed by atoms with E-state index in [1.165, 1.54) is 0 Å². The van der Waals surface area contributed by atoms with Crippen LogP contribution in [0.2, 0.25) is 5.02 Å². The standard InChI is InChI=1S/C15H17ClN2O2/c1-2-9-19-11-3-5-12(6-4-11)20-10-14-13(16)7-8-15(17)18-14/h3-8H,2,9-10H2,1H3,(H2,17,18). The maximum absolute atomic E-state index is 6.03. The molecule has 0 fully saturated rings. The predicted molar refractivity (Wildman–Crippen MR) is 80.2 cm³/mol. The minimum Gasteiger partial charge on any atom is -0.494 e. The monoisotopic (exact) mass is 292 g/mol. The molecule has 0 atom stereocenters. The number of rotatable bonds is 6. The van der Waals surface area contributed by atoms with Gasteiger partial charge in [-0.25, -0.2) is 4.98 Å². The first kappa shape index (κ1) is 14.5. The van der Waals surface area contributed by atoms with Gasteiger partial charge in [-0.2, -0.15) is 0 Å². The summed E-state index contributed by atoms with van der Waals surface area (Å²) in [7, 11) is 0. The molecule has 5 heteroatoms. The van der Waals surface area contributed by atoms with Gasteiger partial charge in [0.25, 0.3) is 0 Å². The Labute approximate surface area is 123 Å². The molecule has 0 saturated carbocycles. The lowest BCUT2D eigenvalue weighted by Crippen LogP contribution is -2.02. The van der Waals surface area contributed by atoms with E-state index in [4.69, 9.17) is 26.8 Å². The number of nitrogens with zero attached hydrogens (tertiary/aromatic N) is 1. The third-order valence-corrected chi connectivity index (χ3v) is 2.96. The SMILES string of the molecule is CCCOc1ccc(OCc2nc(N)ccc2Cl)cc1. The van der Waals surface area contributed by atoms with Crippen molar-refractivity contribution < 1.29 is 9.47 Å². The smallest absolute Gasteiger partial charge is 0.132 e. The van der Waals surface area contributed by atoms with Crippen molar-refractivity contribution in [2.45, 2.75) is 20.0 Å². The Kier molecular flexibility index (Phi) is 5.07. The van der Waals surface area contributed by atoms with E-state index in [0.29, 0.717) is 23.1 Å². The Hall–Kier alpha value is -1.94. The highest BCUT2D eigenvalue weighted by molar-refractivity contribution is 6.31. The molecule has 0 spiro atoms. The Morgan fingerprint density at radius 2 is 1.70 bits per heavy atom. The third-order valence-electron chi connectivity index (χ3n) is 2.61. The van der Waals surface area contributed by atoms with Gasteiger partial charge >= 0.3 is 0 Å². The van der Waals surface area contributed by atoms with Gasteiger partial charge in [0.15, 0.2) is 0 Å². The predicted octanol–water partition coefficient (Wildman–Crippen LogP) is 3.69. The van der Waals surface area contributed by atoms with Crippen molar-refractivity contribution in [1.82, 2.24) is 4.98 Å². The van der Waals surface area contributed by atoms with Crippen LogP contribution < -0.4 is 15.2 Å². The lowest BCUT2D eigenvalue weighted by molar-refractivity contribution is 0.298. The van der Waals surface area contributed by atoms with E-state index >= 15 is 0 Å². The fraction of sp³-hybridized carbons (Fsp3) is 0.267. The molecule has 2 aromatic rings. The zero-order valence-electron chi connectivity index (χ0n) is 11.3. The van der Waals surface area contributed by atoms with E-state index in [9.17, 15) is 0 Å². The summed E-state index contributed by atoms with van der Waals surface area (Å²) >= 11 is 6.03. The maximum Gasteiger partial charge on any atom is 0.132 e. The zero-order valence-corrected chi connectivity index (χ0v) is 12.1. The molecule has 20 heavy (non-hydrogen) atoms. The minimum atomic E-state index is 0.277. The van der Waals surface area contributed by atoms with Crippen LogP contribution in [0.25, 0.3) is 0 Å². The molecule has 0 aliphatic heterocycles. The topological polar surface area (TPSA) is 57.4 Å². The summed E-state index contributed by atoms with van der Waals surface area (Å²) < 4.78 is 11.1. The molecule has 2 N–H and O–H groups in total. The van der Waals surface area contributed by atoms with Crippen LogP contribution in [0.15, 0.2) is 36.4 Å². The highest BCUT2D eigenvalue weighted by Gasteiger charge is 2.04. The Bertz CT molecular complexity index is 558. The number of pyridine rings is 1. The van der Waals surface area contributed by atoms with Gasteiger partial charge in [0, 0.05) is 0 Å². The number of hydrogen-bond donors (Lipinski definition) is 1. The number of benzene rings is 1. The zero-order chi connectivity index (χ0) is 14.4. The van der Waals surface area contributed by atoms with Crippen molar-refractivity contribution in [2.24, 2.45) is 0 Å². The Morgan fingerprint density at radius 3 is 2.35 bits per heavy atom. The van der Waals surface area contributed by atoms with Crippen LogP contribution in [0, 0.1) is 0 Å². The van der Waals surface area contributed by atoms with Crippen molar-refractivity contribution >= 4 is 17.4 Å². The molecule has 0 saturated heterocycles. The van der Waals surface area contributed by atoms with E-state index in [0.717, 1.165) is 17.9 Å². The molecule has 4 nitrogen and oxygen atoms in total. The van der Waals surface area contributed by atoms with E-state index < -0.39 is 0 Å². The van der Waals surface area contributed by atoms with Gasteiger partial charge in [-0.15, -0.1) is 0 Å². The molecule has 0 amide bonds. The summed E-state index contributed by atoms with van der Waals surface area (Å²) in [5.41, 5.74) is 6.24. The number of aromatic nitrogens is 1. The normalized spacial score (nSPS) is 10.3. The number of halogens is 1. The van der Waals surface area contributed by atoms with Gasteiger partial charge in [-0.3, -0.25) is 0 Å². The first-order valence-electron chi connectivity index (χ1n) is 6.45. The molecular formula is C15H17ClN2O2. The third kappa shape index (κ3) is 4.03. The number of hydrogen-bond acceptors (Lipinski definition) is 4. The average molecular weight is 293 g/mol. The fourth-order valence-corrected chi connectivity index (χ4v) is 1.77. The molecule has 0 radical (unpaired) electrons. The molecule has 106 valence electrons. The van der Waals surface area contributed by atoms with Gasteiger partial charge in [0.05, 0.1) is 17.3 Å². The van der Waals surface area contributed by atoms with Gasteiger partial charge in [-0.1, -0.05) is 18.5 Å². The van der Waals surface area contributed by atoms with Crippen molar-refractivity contribution in [3.8, 4) is 11.5 Å². The van der Waals surface area contributed by atoms with Gasteiger partial charge in [0.2, 0.25) is 0 Å². The summed E-state index contributed by atoms with van der Waals surface area (Å²) in [6.07, 6.45) is 0.984. The summed E-state index contributed by atoms with van der Waals surface area (Å²) in [5, 5.41) is 0.544. The second-order valence-corrected chi connectivity index (χ2v) is 4.68. The molecule has 0 aliphatic carbocycles. The van der Waals surface area contributed by atoms with Crippen LogP contribution in [0.4, 0.5) is 5.82 Å². The summed E-state index contributed by atoms with van der Waals surface area (Å²) in [4.78, 5) is 4.14. The highest BCUT2D eigenvalue weighted by atomic mass is 35.5. The summed E-state index contributed by atoms with van der Waals surface area (Å²) in [5.74, 6) is 1.99. The summed E-state index contributed by atoms with van der Waals surface area (Å²) in [6.45, 7) is 3.06. The number of nitrogen functional groups attached to an aromatic ring is 1. The molecule has 0 bridgehead atoms. The number of nitrogens with two attached hydrogens (primary N) is 1. The molecule has 0 unspecified atom stereocenters. The van der Waals surface area contributed by atoms with E-state index in [1.807, 2.05) is 24.3 Å². The average Bonchev–Trinajstić information content (AvgIpc) is 2.47. The second kappa shape index (κ2) is 7.01. The van der Waals surface area contributed by atoms with Crippen molar-refractivity contribution in [3.05, 3.63) is 47.1 Å². The lowest BCUT2D eigenvalue weighted by atomic mass is 10.3. The second-order valence-electron chi connectivity index (χ2n) is 4.27. The fourth-order valence-electron chi connectivity index (χ4n) is 1.61. The van der Waals surface area contributed by atoms with Crippen LogP contribution in [0.1, 0.15) is 19.0 Å². The molecule has 2 rings (SSSR count). The quantitative estimate of drug-likeness (QED) is 0.882. The maximum atomic E-state index is 6.03. The molecule has 0 aliphatic rings. The van der Waals surface area contributed by atoms with Crippen LogP contribution in [-0.4, -0.2) is 11.6 Å². The van der Waals surface area contributed by atoms with E-state index in [-0.39, 0.29) is 6.61 Å². The summed E-state index contributed by atoms with van der Waals surface area (Å²) in [6, 6.07) is 10.8. The lowest BCUT2D eigenvalue weighted by Gasteiger charge is -2.09. The van der Waals surface area contributed by atoms with Crippen molar-refractivity contribution in [3.63, 3.8) is 0 Å². The van der Waals surface area contributed by atoms with Crippen LogP contribution in [0.3, 0.4) is 0 Å². The van der Waals surface area contributed by atoms with E-state index in [1.54, 1.807) is 12.1 Å². The van der Waals surface area contributed by atoms with Gasteiger partial charge in [0.1, 0.15) is 23.9 Å². The van der Waals surface area contributed by atoms with Gasteiger partial charge in [-0.05, 0) is 42.8 Å². The van der Waals surface area contributed by atoms with Crippen LogP contribution >= 0.6 is 11.6 Å². The number of ether oxygens (including phenoxy) is 2. The molecule has 1 aromatic carbocycles. The first-order chi connectivity index (χ1) is 9.69. The first-order valence-corrected chi connectivity index (χ1v) is 6.83. The molecule has 1 aromatic heterocycles. The largest absolute Gasteiger partial charge is 0.494 e. The van der Waals surface area contributed by atoms with Crippen LogP contribution in [0.5, 0.6) is 11.5 Å². The van der Waals surface area contributed by atoms with Gasteiger partial charge < -0.3 is 15.2 Å². The van der Waals surface area contributed by atoms with Crippen molar-refractivity contribution in [2.75, 3.05) is 12.3 Å². The molecule has 1 heterocycles. The van der Waals surface area contributed by atoms with Crippen LogP contribution in [-0.2, 0) is 6.61 Å². The minimum absolute atomic E-state index is 0.277. The Balaban J connectivity index is 1.95.